The minimum absolute atomic E-state index is 0.0848. The molecule has 2 aromatic rings. The SMILES string of the molecule is Fc1ccc2c(c1)C(NCc1ccccc1F)CCS2. The van der Waals surface area contributed by atoms with Crippen LogP contribution in [0.1, 0.15) is 23.6 Å². The van der Waals surface area contributed by atoms with E-state index >= 15 is 0 Å². The maximum Gasteiger partial charge on any atom is 0.127 e. The second-order valence-corrected chi connectivity index (χ2v) is 5.98. The fourth-order valence-corrected chi connectivity index (χ4v) is 3.56. The van der Waals surface area contributed by atoms with Crippen molar-refractivity contribution >= 4 is 11.8 Å². The van der Waals surface area contributed by atoms with Crippen molar-refractivity contribution in [3.63, 3.8) is 0 Å². The third-order valence-corrected chi connectivity index (χ3v) is 4.63. The smallest absolute Gasteiger partial charge is 0.127 e. The zero-order chi connectivity index (χ0) is 13.9. The Kier molecular flexibility index (Phi) is 4.03. The summed E-state index contributed by atoms with van der Waals surface area (Å²) in [6.07, 6.45) is 0.926. The minimum atomic E-state index is -0.219. The molecule has 20 heavy (non-hydrogen) atoms. The van der Waals surface area contributed by atoms with Gasteiger partial charge in [-0.25, -0.2) is 8.78 Å². The van der Waals surface area contributed by atoms with Gasteiger partial charge >= 0.3 is 0 Å². The highest BCUT2D eigenvalue weighted by molar-refractivity contribution is 7.99. The van der Waals surface area contributed by atoms with Crippen LogP contribution in [0.3, 0.4) is 0 Å². The predicted octanol–water partition coefficient (Wildman–Crippen LogP) is 4.29. The van der Waals surface area contributed by atoms with Gasteiger partial charge in [-0.1, -0.05) is 18.2 Å². The molecule has 1 N–H and O–H groups in total. The van der Waals surface area contributed by atoms with Crippen molar-refractivity contribution in [1.29, 1.82) is 0 Å². The van der Waals surface area contributed by atoms with Crippen LogP contribution >= 0.6 is 11.8 Å². The molecule has 1 unspecified atom stereocenters. The molecule has 1 nitrogen and oxygen atoms in total. The van der Waals surface area contributed by atoms with Crippen molar-refractivity contribution in [2.45, 2.75) is 23.9 Å². The zero-order valence-corrected chi connectivity index (χ0v) is 11.7. The molecule has 0 saturated carbocycles. The van der Waals surface area contributed by atoms with Crippen molar-refractivity contribution in [1.82, 2.24) is 5.32 Å². The summed E-state index contributed by atoms with van der Waals surface area (Å²) < 4.78 is 27.0. The van der Waals surface area contributed by atoms with Crippen LogP contribution in [0, 0.1) is 11.6 Å². The van der Waals surface area contributed by atoms with E-state index in [1.54, 1.807) is 30.0 Å². The van der Waals surface area contributed by atoms with Gasteiger partial charge < -0.3 is 5.32 Å². The molecule has 0 fully saturated rings. The molecule has 2 aromatic carbocycles. The van der Waals surface area contributed by atoms with E-state index in [2.05, 4.69) is 5.32 Å². The Hall–Kier alpha value is -1.39. The summed E-state index contributed by atoms with van der Waals surface area (Å²) in [7, 11) is 0. The lowest BCUT2D eigenvalue weighted by Crippen LogP contribution is -2.24. The largest absolute Gasteiger partial charge is 0.306 e. The molecular formula is C16H15F2NS. The summed E-state index contributed by atoms with van der Waals surface area (Å²) in [6.45, 7) is 0.456. The Balaban J connectivity index is 1.77. The third-order valence-electron chi connectivity index (χ3n) is 3.51. The first-order valence-electron chi connectivity index (χ1n) is 6.63. The average Bonchev–Trinajstić information content (AvgIpc) is 2.46. The topological polar surface area (TPSA) is 12.0 Å². The molecule has 1 heterocycles. The van der Waals surface area contributed by atoms with Crippen LogP contribution in [0.25, 0.3) is 0 Å². The molecule has 0 amide bonds. The van der Waals surface area contributed by atoms with Gasteiger partial charge in [0.05, 0.1) is 0 Å². The van der Waals surface area contributed by atoms with Gasteiger partial charge in [-0.2, -0.15) is 0 Å². The maximum absolute atomic E-state index is 13.6. The normalized spacial score (nSPS) is 17.8. The molecule has 0 saturated heterocycles. The quantitative estimate of drug-likeness (QED) is 0.905. The number of benzene rings is 2. The molecule has 0 bridgehead atoms. The van der Waals surface area contributed by atoms with Crippen molar-refractivity contribution < 1.29 is 8.78 Å². The number of thioether (sulfide) groups is 1. The Morgan fingerprint density at radius 1 is 1.15 bits per heavy atom. The van der Waals surface area contributed by atoms with Crippen LogP contribution in [0.4, 0.5) is 8.78 Å². The standard InChI is InChI=1S/C16H15F2NS/c17-12-5-6-16-13(9-12)15(7-8-20-16)19-10-11-3-1-2-4-14(11)18/h1-6,9,15,19H,7-8,10H2. The first-order chi connectivity index (χ1) is 9.74. The van der Waals surface area contributed by atoms with Gasteiger partial charge in [0.1, 0.15) is 11.6 Å². The van der Waals surface area contributed by atoms with Crippen molar-refractivity contribution in [3.8, 4) is 0 Å². The number of rotatable bonds is 3. The minimum Gasteiger partial charge on any atom is -0.306 e. The number of nitrogens with one attached hydrogen (secondary N) is 1. The average molecular weight is 291 g/mol. The Morgan fingerprint density at radius 3 is 2.85 bits per heavy atom. The number of halogens is 2. The fraction of sp³-hybridized carbons (Fsp3) is 0.250. The first-order valence-corrected chi connectivity index (χ1v) is 7.61. The van der Waals surface area contributed by atoms with Crippen LogP contribution < -0.4 is 5.32 Å². The summed E-state index contributed by atoms with van der Waals surface area (Å²) >= 11 is 1.75. The van der Waals surface area contributed by atoms with E-state index in [1.165, 1.54) is 12.1 Å². The summed E-state index contributed by atoms with van der Waals surface area (Å²) in [4.78, 5) is 1.11. The number of hydrogen-bond donors (Lipinski definition) is 1. The molecule has 1 aliphatic heterocycles. The van der Waals surface area contributed by atoms with E-state index < -0.39 is 0 Å². The van der Waals surface area contributed by atoms with Crippen LogP contribution in [-0.2, 0) is 6.54 Å². The molecule has 0 spiro atoms. The molecular weight excluding hydrogens is 276 g/mol. The highest BCUT2D eigenvalue weighted by Gasteiger charge is 2.21. The summed E-state index contributed by atoms with van der Waals surface area (Å²) in [5.41, 5.74) is 1.63. The van der Waals surface area contributed by atoms with E-state index in [0.717, 1.165) is 22.6 Å². The fourth-order valence-electron chi connectivity index (χ4n) is 2.45. The van der Waals surface area contributed by atoms with Gasteiger partial charge in [0, 0.05) is 23.0 Å². The van der Waals surface area contributed by atoms with E-state index in [0.29, 0.717) is 12.1 Å². The van der Waals surface area contributed by atoms with Crippen molar-refractivity contribution in [3.05, 3.63) is 65.2 Å². The van der Waals surface area contributed by atoms with Gasteiger partial charge in [-0.3, -0.25) is 0 Å². The number of fused-ring (bicyclic) bond motifs is 1. The van der Waals surface area contributed by atoms with Gasteiger partial charge in [0.15, 0.2) is 0 Å². The van der Waals surface area contributed by atoms with Gasteiger partial charge in [0.2, 0.25) is 0 Å². The second-order valence-electron chi connectivity index (χ2n) is 4.84. The van der Waals surface area contributed by atoms with E-state index in [9.17, 15) is 8.78 Å². The lowest BCUT2D eigenvalue weighted by Gasteiger charge is -2.26. The van der Waals surface area contributed by atoms with Crippen LogP contribution in [-0.4, -0.2) is 5.75 Å². The van der Waals surface area contributed by atoms with Crippen molar-refractivity contribution in [2.24, 2.45) is 0 Å². The van der Waals surface area contributed by atoms with E-state index in [1.807, 2.05) is 12.1 Å². The Bertz CT molecular complexity index is 615. The molecule has 4 heteroatoms. The van der Waals surface area contributed by atoms with Crippen molar-refractivity contribution in [2.75, 3.05) is 5.75 Å². The molecule has 104 valence electrons. The molecule has 1 atom stereocenters. The van der Waals surface area contributed by atoms with Crippen LogP contribution in [0.15, 0.2) is 47.4 Å². The molecule has 0 aromatic heterocycles. The maximum atomic E-state index is 13.6. The van der Waals surface area contributed by atoms with Crippen LogP contribution in [0.5, 0.6) is 0 Å². The van der Waals surface area contributed by atoms with Gasteiger partial charge in [0.25, 0.3) is 0 Å². The zero-order valence-electron chi connectivity index (χ0n) is 10.9. The molecule has 1 aliphatic rings. The number of hydrogen-bond acceptors (Lipinski definition) is 2. The Morgan fingerprint density at radius 2 is 2.00 bits per heavy atom. The lowest BCUT2D eigenvalue weighted by molar-refractivity contribution is 0.492. The van der Waals surface area contributed by atoms with Crippen LogP contribution in [0.2, 0.25) is 0 Å². The summed E-state index contributed by atoms with van der Waals surface area (Å²) in [5.74, 6) is 0.571. The van der Waals surface area contributed by atoms with E-state index in [4.69, 9.17) is 0 Å². The molecule has 3 rings (SSSR count). The van der Waals surface area contributed by atoms with E-state index in [-0.39, 0.29) is 17.7 Å². The summed E-state index contributed by atoms with van der Waals surface area (Å²) in [5, 5.41) is 3.34. The first kappa shape index (κ1) is 13.6. The lowest BCUT2D eigenvalue weighted by atomic mass is 10.0. The molecule has 0 radical (unpaired) electrons. The van der Waals surface area contributed by atoms with Gasteiger partial charge in [-0.05, 0) is 42.0 Å². The monoisotopic (exact) mass is 291 g/mol. The second kappa shape index (κ2) is 5.94. The third kappa shape index (κ3) is 2.86. The Labute approximate surface area is 121 Å². The highest BCUT2D eigenvalue weighted by Crippen LogP contribution is 2.36. The highest BCUT2D eigenvalue weighted by atomic mass is 32.2. The van der Waals surface area contributed by atoms with Gasteiger partial charge in [-0.15, -0.1) is 11.8 Å². The predicted molar refractivity (Wildman–Crippen MR) is 77.7 cm³/mol. The summed E-state index contributed by atoms with van der Waals surface area (Å²) in [6, 6.07) is 11.7. The molecule has 0 aliphatic carbocycles.